The SMILES string of the molecule is CCCn1c(C)nc2cc(NC(=O)CC3C(=O)N(C)C(=O)N3C)ccc21. The number of aryl methyl sites for hydroxylation is 2. The first-order chi connectivity index (χ1) is 12.3. The summed E-state index contributed by atoms with van der Waals surface area (Å²) >= 11 is 0. The van der Waals surface area contributed by atoms with Gasteiger partial charge in [0.15, 0.2) is 0 Å². The van der Waals surface area contributed by atoms with Gasteiger partial charge < -0.3 is 14.8 Å². The van der Waals surface area contributed by atoms with Crippen LogP contribution in [0.1, 0.15) is 25.6 Å². The third-order valence-corrected chi connectivity index (χ3v) is 4.72. The maximum absolute atomic E-state index is 12.3. The Labute approximate surface area is 151 Å². The number of anilines is 1. The van der Waals surface area contributed by atoms with Crippen molar-refractivity contribution in [2.75, 3.05) is 19.4 Å². The van der Waals surface area contributed by atoms with E-state index in [1.54, 1.807) is 0 Å². The average Bonchev–Trinajstić information content (AvgIpc) is 3.00. The Balaban J connectivity index is 1.74. The summed E-state index contributed by atoms with van der Waals surface area (Å²) in [6, 6.07) is 4.42. The van der Waals surface area contributed by atoms with Crippen LogP contribution >= 0.6 is 0 Å². The molecular weight excluding hydrogens is 334 g/mol. The van der Waals surface area contributed by atoms with Crippen LogP contribution in [0.3, 0.4) is 0 Å². The standard InChI is InChI=1S/C18H23N5O3/c1-5-8-23-11(2)19-13-9-12(6-7-14(13)23)20-16(24)10-15-17(25)22(4)18(26)21(15)3/h6-7,9,15H,5,8,10H2,1-4H3,(H,20,24). The highest BCUT2D eigenvalue weighted by molar-refractivity contribution is 6.06. The van der Waals surface area contributed by atoms with E-state index in [0.717, 1.165) is 34.7 Å². The summed E-state index contributed by atoms with van der Waals surface area (Å²) in [5.74, 6) is 0.254. The summed E-state index contributed by atoms with van der Waals surface area (Å²) < 4.78 is 2.15. The summed E-state index contributed by atoms with van der Waals surface area (Å²) in [6.45, 7) is 4.97. The lowest BCUT2D eigenvalue weighted by Gasteiger charge is -2.15. The number of imidazole rings is 1. The average molecular weight is 357 g/mol. The van der Waals surface area contributed by atoms with Gasteiger partial charge in [0.1, 0.15) is 11.9 Å². The molecule has 0 aliphatic carbocycles. The van der Waals surface area contributed by atoms with Gasteiger partial charge in [-0.15, -0.1) is 0 Å². The number of benzene rings is 1. The number of imide groups is 1. The van der Waals surface area contributed by atoms with Crippen LogP contribution in [-0.2, 0) is 16.1 Å². The molecule has 0 saturated carbocycles. The van der Waals surface area contributed by atoms with Crippen molar-refractivity contribution >= 4 is 34.6 Å². The van der Waals surface area contributed by atoms with E-state index in [4.69, 9.17) is 0 Å². The number of amides is 4. The van der Waals surface area contributed by atoms with Crippen molar-refractivity contribution in [3.63, 3.8) is 0 Å². The van der Waals surface area contributed by atoms with Gasteiger partial charge in [-0.1, -0.05) is 6.92 Å². The Morgan fingerprint density at radius 3 is 2.62 bits per heavy atom. The molecule has 1 fully saturated rings. The van der Waals surface area contributed by atoms with Crippen molar-refractivity contribution in [3.8, 4) is 0 Å². The van der Waals surface area contributed by atoms with Gasteiger partial charge in [0.05, 0.1) is 17.5 Å². The van der Waals surface area contributed by atoms with Crippen LogP contribution in [0.4, 0.5) is 10.5 Å². The molecule has 1 aromatic carbocycles. The molecule has 8 heteroatoms. The molecule has 4 amide bonds. The molecule has 2 aromatic rings. The van der Waals surface area contributed by atoms with Crippen molar-refractivity contribution in [2.45, 2.75) is 39.3 Å². The van der Waals surface area contributed by atoms with Crippen LogP contribution in [0, 0.1) is 6.92 Å². The highest BCUT2D eigenvalue weighted by Gasteiger charge is 2.41. The lowest BCUT2D eigenvalue weighted by Crippen LogP contribution is -2.35. The van der Waals surface area contributed by atoms with E-state index in [9.17, 15) is 14.4 Å². The molecule has 0 spiro atoms. The second kappa shape index (κ2) is 6.78. The Bertz CT molecular complexity index is 888. The normalized spacial score (nSPS) is 17.5. The van der Waals surface area contributed by atoms with Gasteiger partial charge in [-0.25, -0.2) is 9.78 Å². The molecule has 1 aliphatic heterocycles. The quantitative estimate of drug-likeness (QED) is 0.829. The number of rotatable bonds is 5. The first-order valence-electron chi connectivity index (χ1n) is 8.64. The molecule has 1 saturated heterocycles. The fraction of sp³-hybridized carbons (Fsp3) is 0.444. The Kier molecular flexibility index (Phi) is 4.67. The molecule has 1 aliphatic rings. The Hall–Kier alpha value is -2.90. The number of nitrogens with zero attached hydrogens (tertiary/aromatic N) is 4. The van der Waals surface area contributed by atoms with E-state index in [0.29, 0.717) is 5.69 Å². The van der Waals surface area contributed by atoms with Gasteiger partial charge in [-0.05, 0) is 31.5 Å². The molecule has 2 heterocycles. The molecule has 0 radical (unpaired) electrons. The van der Waals surface area contributed by atoms with Gasteiger partial charge in [-0.2, -0.15) is 0 Å². The number of hydrogen-bond donors (Lipinski definition) is 1. The zero-order valence-corrected chi connectivity index (χ0v) is 15.4. The molecular formula is C18H23N5O3. The fourth-order valence-corrected chi connectivity index (χ4v) is 3.30. The monoisotopic (exact) mass is 357 g/mol. The highest BCUT2D eigenvalue weighted by atomic mass is 16.2. The molecule has 8 nitrogen and oxygen atoms in total. The van der Waals surface area contributed by atoms with E-state index < -0.39 is 12.1 Å². The molecule has 1 atom stereocenters. The summed E-state index contributed by atoms with van der Waals surface area (Å²) in [7, 11) is 2.94. The molecule has 1 unspecified atom stereocenters. The van der Waals surface area contributed by atoms with Crippen LogP contribution in [-0.4, -0.2) is 57.3 Å². The van der Waals surface area contributed by atoms with Crippen molar-refractivity contribution in [3.05, 3.63) is 24.0 Å². The Morgan fingerprint density at radius 1 is 1.27 bits per heavy atom. The molecule has 1 aromatic heterocycles. The zero-order chi connectivity index (χ0) is 19.0. The van der Waals surface area contributed by atoms with Crippen molar-refractivity contribution in [1.82, 2.24) is 19.4 Å². The highest BCUT2D eigenvalue weighted by Crippen LogP contribution is 2.22. The second-order valence-corrected chi connectivity index (χ2v) is 6.57. The topological polar surface area (TPSA) is 87.5 Å². The summed E-state index contributed by atoms with van der Waals surface area (Å²) in [5.41, 5.74) is 2.47. The smallest absolute Gasteiger partial charge is 0.326 e. The molecule has 1 N–H and O–H groups in total. The number of urea groups is 1. The lowest BCUT2D eigenvalue weighted by atomic mass is 10.1. The largest absolute Gasteiger partial charge is 0.328 e. The summed E-state index contributed by atoms with van der Waals surface area (Å²) in [4.78, 5) is 43.1. The first-order valence-corrected chi connectivity index (χ1v) is 8.64. The third kappa shape index (κ3) is 3.02. The van der Waals surface area contributed by atoms with E-state index >= 15 is 0 Å². The number of carbonyl (C=O) groups is 3. The van der Waals surface area contributed by atoms with Crippen molar-refractivity contribution < 1.29 is 14.4 Å². The molecule has 138 valence electrons. The van der Waals surface area contributed by atoms with E-state index in [1.807, 2.05) is 25.1 Å². The van der Waals surface area contributed by atoms with E-state index in [-0.39, 0.29) is 18.2 Å². The number of carbonyl (C=O) groups excluding carboxylic acids is 3. The number of hydrogen-bond acceptors (Lipinski definition) is 4. The van der Waals surface area contributed by atoms with Crippen LogP contribution < -0.4 is 5.32 Å². The van der Waals surface area contributed by atoms with Gasteiger partial charge in [0.25, 0.3) is 5.91 Å². The maximum Gasteiger partial charge on any atom is 0.326 e. The zero-order valence-electron chi connectivity index (χ0n) is 15.4. The maximum atomic E-state index is 12.3. The molecule has 0 bridgehead atoms. The Morgan fingerprint density at radius 2 is 2.00 bits per heavy atom. The number of likely N-dealkylation sites (N-methyl/N-ethyl adjacent to an activating group) is 2. The van der Waals surface area contributed by atoms with E-state index in [1.165, 1.54) is 19.0 Å². The van der Waals surface area contributed by atoms with Crippen LogP contribution in [0.2, 0.25) is 0 Å². The number of aromatic nitrogens is 2. The number of nitrogens with one attached hydrogen (secondary N) is 1. The summed E-state index contributed by atoms with van der Waals surface area (Å²) in [5, 5.41) is 2.80. The fourth-order valence-electron chi connectivity index (χ4n) is 3.30. The molecule has 26 heavy (non-hydrogen) atoms. The van der Waals surface area contributed by atoms with Crippen molar-refractivity contribution in [2.24, 2.45) is 0 Å². The van der Waals surface area contributed by atoms with Crippen LogP contribution in [0.5, 0.6) is 0 Å². The third-order valence-electron chi connectivity index (χ3n) is 4.72. The van der Waals surface area contributed by atoms with Gasteiger partial charge in [-0.3, -0.25) is 14.5 Å². The van der Waals surface area contributed by atoms with Crippen molar-refractivity contribution in [1.29, 1.82) is 0 Å². The van der Waals surface area contributed by atoms with Crippen LogP contribution in [0.15, 0.2) is 18.2 Å². The van der Waals surface area contributed by atoms with Crippen LogP contribution in [0.25, 0.3) is 11.0 Å². The van der Waals surface area contributed by atoms with Gasteiger partial charge in [0.2, 0.25) is 5.91 Å². The molecule has 3 rings (SSSR count). The minimum absolute atomic E-state index is 0.0766. The second-order valence-electron chi connectivity index (χ2n) is 6.57. The summed E-state index contributed by atoms with van der Waals surface area (Å²) in [6.07, 6.45) is 0.938. The minimum Gasteiger partial charge on any atom is -0.328 e. The minimum atomic E-state index is -0.762. The lowest BCUT2D eigenvalue weighted by molar-refractivity contribution is -0.129. The predicted molar refractivity (Wildman–Crippen MR) is 97.7 cm³/mol. The van der Waals surface area contributed by atoms with E-state index in [2.05, 4.69) is 21.8 Å². The van der Waals surface area contributed by atoms with Gasteiger partial charge >= 0.3 is 6.03 Å². The predicted octanol–water partition coefficient (Wildman–Crippen LogP) is 1.98. The first kappa shape index (κ1) is 17.9. The van der Waals surface area contributed by atoms with Gasteiger partial charge in [0, 0.05) is 26.3 Å². The number of fused-ring (bicyclic) bond motifs is 1.